The summed E-state index contributed by atoms with van der Waals surface area (Å²) < 4.78 is 2.02. The van der Waals surface area contributed by atoms with E-state index in [0.717, 1.165) is 34.9 Å². The van der Waals surface area contributed by atoms with E-state index in [-0.39, 0.29) is 6.04 Å². The predicted octanol–water partition coefficient (Wildman–Crippen LogP) is 1.28. The number of rotatable bonds is 4. The molecule has 0 radical (unpaired) electrons. The van der Waals surface area contributed by atoms with Gasteiger partial charge in [0, 0.05) is 34.6 Å². The lowest BCUT2D eigenvalue weighted by Gasteiger charge is -2.04. The highest BCUT2D eigenvalue weighted by Crippen LogP contribution is 2.21. The third kappa shape index (κ3) is 3.48. The van der Waals surface area contributed by atoms with Crippen molar-refractivity contribution in [3.8, 4) is 5.13 Å². The van der Waals surface area contributed by atoms with Crippen LogP contribution in [0.5, 0.6) is 0 Å². The molecule has 0 bridgehead atoms. The molecule has 1 aliphatic rings. The van der Waals surface area contributed by atoms with Crippen LogP contribution in [-0.2, 0) is 9.59 Å². The van der Waals surface area contributed by atoms with Crippen LogP contribution in [0.25, 0.3) is 5.13 Å². The molecule has 0 saturated heterocycles. The highest BCUT2D eigenvalue weighted by atomic mass is 32.1. The topological polar surface area (TPSA) is 88.4 Å². The Morgan fingerprint density at radius 3 is 2.83 bits per heavy atom. The number of aryl methyl sites for hydroxylation is 1. The monoisotopic (exact) mass is 331 g/mol. The molecule has 2 aromatic heterocycles. The van der Waals surface area contributed by atoms with Crippen LogP contribution in [0.3, 0.4) is 0 Å². The zero-order chi connectivity index (χ0) is 16.4. The van der Waals surface area contributed by atoms with Gasteiger partial charge in [0.1, 0.15) is 0 Å². The normalized spacial score (nSPS) is 14.2. The van der Waals surface area contributed by atoms with Crippen LogP contribution < -0.4 is 10.7 Å². The maximum absolute atomic E-state index is 11.6. The summed E-state index contributed by atoms with van der Waals surface area (Å²) in [5.41, 5.74) is 5.11. The van der Waals surface area contributed by atoms with Gasteiger partial charge in [-0.3, -0.25) is 14.2 Å². The van der Waals surface area contributed by atoms with E-state index in [9.17, 15) is 9.59 Å². The summed E-state index contributed by atoms with van der Waals surface area (Å²) in [4.78, 5) is 27.4. The maximum Gasteiger partial charge on any atom is 0.329 e. The van der Waals surface area contributed by atoms with Crippen LogP contribution in [0.15, 0.2) is 22.7 Å². The molecule has 1 aliphatic carbocycles. The van der Waals surface area contributed by atoms with E-state index in [2.05, 4.69) is 20.8 Å². The van der Waals surface area contributed by atoms with Crippen molar-refractivity contribution in [2.45, 2.75) is 32.7 Å². The molecule has 3 rings (SSSR count). The molecule has 7 nitrogen and oxygen atoms in total. The largest absolute Gasteiger partial charge is 0.345 e. The summed E-state index contributed by atoms with van der Waals surface area (Å²) in [6, 6.07) is 2.10. The summed E-state index contributed by atoms with van der Waals surface area (Å²) in [7, 11) is 0. The Hall–Kier alpha value is -2.48. The van der Waals surface area contributed by atoms with Gasteiger partial charge in [0.2, 0.25) is 0 Å². The fourth-order valence-electron chi connectivity index (χ4n) is 2.23. The molecule has 8 heteroatoms. The van der Waals surface area contributed by atoms with Crippen LogP contribution in [0.4, 0.5) is 0 Å². The lowest BCUT2D eigenvalue weighted by atomic mass is 10.3. The third-order valence-corrected chi connectivity index (χ3v) is 4.33. The highest BCUT2D eigenvalue weighted by Gasteiger charge is 2.26. The third-order valence-electron chi connectivity index (χ3n) is 3.57. The van der Waals surface area contributed by atoms with Crippen LogP contribution >= 0.6 is 11.3 Å². The van der Waals surface area contributed by atoms with Gasteiger partial charge in [-0.05, 0) is 32.8 Å². The summed E-state index contributed by atoms with van der Waals surface area (Å²) in [5, 5.41) is 9.28. The van der Waals surface area contributed by atoms with E-state index in [1.807, 2.05) is 29.9 Å². The van der Waals surface area contributed by atoms with Crippen molar-refractivity contribution in [1.82, 2.24) is 20.3 Å². The van der Waals surface area contributed by atoms with Crippen molar-refractivity contribution in [1.29, 1.82) is 0 Å². The molecular weight excluding hydrogens is 314 g/mol. The van der Waals surface area contributed by atoms with Gasteiger partial charge in [0.05, 0.1) is 6.21 Å². The number of hydrogen-bond acceptors (Lipinski definition) is 5. The van der Waals surface area contributed by atoms with Gasteiger partial charge in [0.25, 0.3) is 0 Å². The number of nitrogens with one attached hydrogen (secondary N) is 2. The zero-order valence-electron chi connectivity index (χ0n) is 12.9. The zero-order valence-corrected chi connectivity index (χ0v) is 13.7. The molecule has 0 aliphatic heterocycles. The van der Waals surface area contributed by atoms with E-state index in [1.54, 1.807) is 17.5 Å². The molecule has 23 heavy (non-hydrogen) atoms. The molecule has 0 spiro atoms. The first-order valence-electron chi connectivity index (χ1n) is 7.29. The standard InChI is InChI=1S/C15H17N5O2S/c1-9-7-11(10(2)20(9)15-16-5-6-23-15)8-17-19-14(22)13(21)18-12-3-4-12/h5-8,12H,3-4H2,1-2H3,(H,18,21)(H,19,22)/b17-8-. The minimum Gasteiger partial charge on any atom is -0.345 e. The number of hydrazone groups is 1. The van der Waals surface area contributed by atoms with Crippen molar-refractivity contribution in [2.24, 2.45) is 5.10 Å². The number of thiazole rings is 1. The van der Waals surface area contributed by atoms with Gasteiger partial charge < -0.3 is 5.32 Å². The molecule has 2 heterocycles. The lowest BCUT2D eigenvalue weighted by molar-refractivity contribution is -0.139. The van der Waals surface area contributed by atoms with Crippen LogP contribution in [0, 0.1) is 13.8 Å². The fraction of sp³-hybridized carbons (Fsp3) is 0.333. The second kappa shape index (κ2) is 6.33. The van der Waals surface area contributed by atoms with Gasteiger partial charge in [-0.15, -0.1) is 11.3 Å². The molecule has 0 atom stereocenters. The number of hydrogen-bond donors (Lipinski definition) is 2. The molecule has 0 unspecified atom stereocenters. The van der Waals surface area contributed by atoms with Crippen LogP contribution in [0.1, 0.15) is 29.8 Å². The second-order valence-electron chi connectivity index (χ2n) is 5.42. The SMILES string of the molecule is Cc1cc(/C=N\NC(=O)C(=O)NC2CC2)c(C)n1-c1nccs1. The number of carbonyl (C=O) groups excluding carboxylic acids is 2. The Bertz CT molecular complexity index is 759. The minimum atomic E-state index is -0.748. The molecule has 1 fully saturated rings. The number of carbonyl (C=O) groups is 2. The molecule has 120 valence electrons. The first-order valence-corrected chi connectivity index (χ1v) is 8.17. The average molecular weight is 331 g/mol. The average Bonchev–Trinajstić information content (AvgIpc) is 3.07. The first-order chi connectivity index (χ1) is 11.1. The number of amides is 2. The fourth-order valence-corrected chi connectivity index (χ4v) is 2.98. The first kappa shape index (κ1) is 15.4. The van der Waals surface area contributed by atoms with E-state index < -0.39 is 11.8 Å². The quantitative estimate of drug-likeness (QED) is 0.502. The molecule has 2 amide bonds. The van der Waals surface area contributed by atoms with Gasteiger partial charge in [0.15, 0.2) is 5.13 Å². The Balaban J connectivity index is 1.67. The lowest BCUT2D eigenvalue weighted by Crippen LogP contribution is -2.38. The number of nitrogens with zero attached hydrogens (tertiary/aromatic N) is 3. The Kier molecular flexibility index (Phi) is 4.24. The van der Waals surface area contributed by atoms with Gasteiger partial charge in [-0.2, -0.15) is 5.10 Å². The van der Waals surface area contributed by atoms with Crippen molar-refractivity contribution in [3.63, 3.8) is 0 Å². The predicted molar refractivity (Wildman–Crippen MR) is 87.8 cm³/mol. The van der Waals surface area contributed by atoms with Crippen LogP contribution in [-0.4, -0.2) is 33.6 Å². The molecule has 2 N–H and O–H groups in total. The van der Waals surface area contributed by atoms with E-state index in [0.29, 0.717) is 0 Å². The Morgan fingerprint density at radius 1 is 1.39 bits per heavy atom. The van der Waals surface area contributed by atoms with Crippen molar-refractivity contribution in [3.05, 3.63) is 34.6 Å². The van der Waals surface area contributed by atoms with Crippen molar-refractivity contribution < 1.29 is 9.59 Å². The van der Waals surface area contributed by atoms with Gasteiger partial charge in [-0.25, -0.2) is 10.4 Å². The highest BCUT2D eigenvalue weighted by molar-refractivity contribution is 7.12. The van der Waals surface area contributed by atoms with E-state index >= 15 is 0 Å². The molecule has 0 aromatic carbocycles. The Labute approximate surface area is 137 Å². The summed E-state index contributed by atoms with van der Waals surface area (Å²) in [6.07, 6.45) is 5.16. The summed E-state index contributed by atoms with van der Waals surface area (Å²) in [6.45, 7) is 3.94. The van der Waals surface area contributed by atoms with Gasteiger partial charge in [-0.1, -0.05) is 0 Å². The summed E-state index contributed by atoms with van der Waals surface area (Å²) in [5.74, 6) is -1.39. The molecule has 2 aromatic rings. The number of aromatic nitrogens is 2. The van der Waals surface area contributed by atoms with E-state index in [1.165, 1.54) is 6.21 Å². The van der Waals surface area contributed by atoms with E-state index in [4.69, 9.17) is 0 Å². The second-order valence-corrected chi connectivity index (χ2v) is 6.30. The van der Waals surface area contributed by atoms with Crippen molar-refractivity contribution in [2.75, 3.05) is 0 Å². The minimum absolute atomic E-state index is 0.148. The summed E-state index contributed by atoms with van der Waals surface area (Å²) >= 11 is 1.55. The van der Waals surface area contributed by atoms with Gasteiger partial charge >= 0.3 is 11.8 Å². The van der Waals surface area contributed by atoms with Crippen molar-refractivity contribution >= 4 is 29.4 Å². The maximum atomic E-state index is 11.6. The molecular formula is C15H17N5O2S. The smallest absolute Gasteiger partial charge is 0.329 e. The molecule has 1 saturated carbocycles. The van der Waals surface area contributed by atoms with Crippen LogP contribution in [0.2, 0.25) is 0 Å². The Morgan fingerprint density at radius 2 is 2.17 bits per heavy atom.